The quantitative estimate of drug-likeness (QED) is 0.350. The molecule has 0 aromatic heterocycles. The number of rotatable bonds is 7. The zero-order valence-corrected chi connectivity index (χ0v) is 15.2. The average molecular weight is 304 g/mol. The van der Waals surface area contributed by atoms with E-state index in [0.717, 1.165) is 18.4 Å². The number of aryl methyl sites for hydroxylation is 1. The maximum absolute atomic E-state index is 12.0. The Morgan fingerprint density at radius 2 is 1.82 bits per heavy atom. The van der Waals surface area contributed by atoms with E-state index in [1.165, 1.54) is 18.4 Å². The molecule has 1 aromatic carbocycles. The molecule has 1 rings (SSSR count). The molecule has 0 heterocycles. The molecule has 0 aliphatic carbocycles. The van der Waals surface area contributed by atoms with Gasteiger partial charge in [0.15, 0.2) is 0 Å². The minimum Gasteiger partial charge on any atom is -0.426 e. The van der Waals surface area contributed by atoms with Crippen molar-refractivity contribution in [3.63, 3.8) is 0 Å². The highest BCUT2D eigenvalue weighted by atomic mass is 16.5. The van der Waals surface area contributed by atoms with Crippen molar-refractivity contribution in [3.05, 3.63) is 29.3 Å². The fourth-order valence-electron chi connectivity index (χ4n) is 2.36. The van der Waals surface area contributed by atoms with Crippen LogP contribution in [0.1, 0.15) is 83.8 Å². The summed E-state index contributed by atoms with van der Waals surface area (Å²) >= 11 is 0. The Balaban J connectivity index is 2.41. The second kappa shape index (κ2) is 8.36. The topological polar surface area (TPSA) is 26.3 Å². The van der Waals surface area contributed by atoms with E-state index >= 15 is 0 Å². The second-order valence-corrected chi connectivity index (χ2v) is 7.78. The zero-order valence-electron chi connectivity index (χ0n) is 15.2. The van der Waals surface area contributed by atoms with Crippen molar-refractivity contribution in [2.24, 2.45) is 5.41 Å². The van der Waals surface area contributed by atoms with Gasteiger partial charge < -0.3 is 4.74 Å². The van der Waals surface area contributed by atoms with Crippen LogP contribution in [0.25, 0.3) is 0 Å². The monoisotopic (exact) mass is 304 g/mol. The van der Waals surface area contributed by atoms with Crippen LogP contribution < -0.4 is 4.74 Å². The van der Waals surface area contributed by atoms with Crippen LogP contribution in [-0.2, 0) is 4.79 Å². The van der Waals surface area contributed by atoms with Crippen molar-refractivity contribution in [1.29, 1.82) is 0 Å². The summed E-state index contributed by atoms with van der Waals surface area (Å²) in [4.78, 5) is 12.0. The number of hydrogen-bond donors (Lipinski definition) is 0. The molecular formula is C20H32O2. The number of esters is 1. The molecule has 22 heavy (non-hydrogen) atoms. The first-order valence-electron chi connectivity index (χ1n) is 8.50. The Hall–Kier alpha value is -1.31. The normalized spacial score (nSPS) is 11.8. The summed E-state index contributed by atoms with van der Waals surface area (Å²) < 4.78 is 5.54. The van der Waals surface area contributed by atoms with Crippen molar-refractivity contribution in [2.75, 3.05) is 0 Å². The van der Waals surface area contributed by atoms with Crippen molar-refractivity contribution in [3.8, 4) is 5.75 Å². The number of unbranched alkanes of at least 4 members (excludes halogenated alkanes) is 2. The van der Waals surface area contributed by atoms with Crippen molar-refractivity contribution in [2.45, 2.75) is 79.6 Å². The van der Waals surface area contributed by atoms with Gasteiger partial charge in [0, 0.05) is 6.42 Å². The Morgan fingerprint density at radius 1 is 1.14 bits per heavy atom. The maximum Gasteiger partial charge on any atom is 0.311 e. The highest BCUT2D eigenvalue weighted by Gasteiger charge is 2.11. The third-order valence-corrected chi connectivity index (χ3v) is 3.91. The molecule has 0 aliphatic rings. The predicted octanol–water partition coefficient (Wildman–Crippen LogP) is 6.02. The van der Waals surface area contributed by atoms with Gasteiger partial charge >= 0.3 is 5.97 Å². The summed E-state index contributed by atoms with van der Waals surface area (Å²) in [5.41, 5.74) is 2.61. The van der Waals surface area contributed by atoms with Gasteiger partial charge in [-0.1, -0.05) is 59.6 Å². The molecule has 0 unspecified atom stereocenters. The molecule has 0 atom stereocenters. The van der Waals surface area contributed by atoms with Crippen LogP contribution in [0.3, 0.4) is 0 Å². The summed E-state index contributed by atoms with van der Waals surface area (Å²) in [5.74, 6) is 1.04. The largest absolute Gasteiger partial charge is 0.426 e. The van der Waals surface area contributed by atoms with Crippen LogP contribution >= 0.6 is 0 Å². The van der Waals surface area contributed by atoms with Crippen LogP contribution in [0.2, 0.25) is 0 Å². The van der Waals surface area contributed by atoms with Gasteiger partial charge in [0.05, 0.1) is 0 Å². The molecule has 0 fully saturated rings. The maximum atomic E-state index is 12.0. The Morgan fingerprint density at radius 3 is 2.41 bits per heavy atom. The van der Waals surface area contributed by atoms with Gasteiger partial charge in [0.2, 0.25) is 0 Å². The van der Waals surface area contributed by atoms with Gasteiger partial charge in [0.25, 0.3) is 0 Å². The SMILES string of the molecule is Cc1ccc(C(C)C)cc1OC(=O)CCCCCC(C)(C)C. The van der Waals surface area contributed by atoms with Crippen LogP contribution in [0.5, 0.6) is 5.75 Å². The first-order chi connectivity index (χ1) is 10.2. The summed E-state index contributed by atoms with van der Waals surface area (Å²) in [5, 5.41) is 0. The minimum atomic E-state index is -0.111. The van der Waals surface area contributed by atoms with Crippen molar-refractivity contribution >= 4 is 5.97 Å². The standard InChI is InChI=1S/C20H32O2/c1-15(2)17-12-11-16(3)18(14-17)22-19(21)10-8-7-9-13-20(4,5)6/h11-12,14-15H,7-10,13H2,1-6H3. The first-order valence-corrected chi connectivity index (χ1v) is 8.50. The van der Waals surface area contributed by atoms with E-state index in [4.69, 9.17) is 4.74 Å². The van der Waals surface area contributed by atoms with Crippen LogP contribution in [-0.4, -0.2) is 5.97 Å². The molecule has 2 nitrogen and oxygen atoms in total. The molecule has 0 radical (unpaired) electrons. The van der Waals surface area contributed by atoms with E-state index in [1.807, 2.05) is 19.1 Å². The predicted molar refractivity (Wildman–Crippen MR) is 93.4 cm³/mol. The van der Waals surface area contributed by atoms with Crippen LogP contribution in [0.4, 0.5) is 0 Å². The van der Waals surface area contributed by atoms with E-state index in [2.05, 4.69) is 40.7 Å². The van der Waals surface area contributed by atoms with Crippen LogP contribution in [0.15, 0.2) is 18.2 Å². The third-order valence-electron chi connectivity index (χ3n) is 3.91. The van der Waals surface area contributed by atoms with E-state index in [9.17, 15) is 4.79 Å². The zero-order chi connectivity index (χ0) is 16.8. The second-order valence-electron chi connectivity index (χ2n) is 7.78. The van der Waals surface area contributed by atoms with E-state index < -0.39 is 0 Å². The first kappa shape index (κ1) is 18.7. The van der Waals surface area contributed by atoms with E-state index in [0.29, 0.717) is 23.5 Å². The van der Waals surface area contributed by atoms with Gasteiger partial charge in [-0.05, 0) is 48.3 Å². The molecule has 0 bridgehead atoms. The summed E-state index contributed by atoms with van der Waals surface area (Å²) in [7, 11) is 0. The fourth-order valence-corrected chi connectivity index (χ4v) is 2.36. The van der Waals surface area contributed by atoms with E-state index in [-0.39, 0.29) is 5.97 Å². The molecular weight excluding hydrogens is 272 g/mol. The van der Waals surface area contributed by atoms with Gasteiger partial charge in [0.1, 0.15) is 5.75 Å². The number of benzene rings is 1. The molecule has 1 aromatic rings. The number of carbonyl (C=O) groups is 1. The number of carbonyl (C=O) groups excluding carboxylic acids is 1. The number of ether oxygens (including phenoxy) is 1. The molecule has 0 N–H and O–H groups in total. The molecule has 0 saturated heterocycles. The Bertz CT molecular complexity index is 481. The van der Waals surface area contributed by atoms with Crippen LogP contribution in [0, 0.1) is 12.3 Å². The van der Waals surface area contributed by atoms with Crippen molar-refractivity contribution < 1.29 is 9.53 Å². The highest BCUT2D eigenvalue weighted by Crippen LogP contribution is 2.25. The average Bonchev–Trinajstić information content (AvgIpc) is 2.39. The lowest BCUT2D eigenvalue weighted by Crippen LogP contribution is -2.09. The molecule has 0 amide bonds. The third kappa shape index (κ3) is 7.11. The summed E-state index contributed by atoms with van der Waals surface area (Å²) in [6.45, 7) is 13.0. The molecule has 0 aliphatic heterocycles. The minimum absolute atomic E-state index is 0.111. The smallest absolute Gasteiger partial charge is 0.311 e. The van der Waals surface area contributed by atoms with Crippen molar-refractivity contribution in [1.82, 2.24) is 0 Å². The van der Waals surface area contributed by atoms with Gasteiger partial charge in [-0.25, -0.2) is 0 Å². The van der Waals surface area contributed by atoms with Gasteiger partial charge in [-0.2, -0.15) is 0 Å². The van der Waals surface area contributed by atoms with Gasteiger partial charge in [-0.15, -0.1) is 0 Å². The highest BCUT2D eigenvalue weighted by molar-refractivity contribution is 5.72. The Labute approximate surface area is 136 Å². The Kier molecular flexibility index (Phi) is 7.12. The fraction of sp³-hybridized carbons (Fsp3) is 0.650. The summed E-state index contributed by atoms with van der Waals surface area (Å²) in [6, 6.07) is 6.13. The lowest BCUT2D eigenvalue weighted by molar-refractivity contribution is -0.134. The molecule has 124 valence electrons. The van der Waals surface area contributed by atoms with E-state index in [1.54, 1.807) is 0 Å². The van der Waals surface area contributed by atoms with Gasteiger partial charge in [-0.3, -0.25) is 4.79 Å². The summed E-state index contributed by atoms with van der Waals surface area (Å²) in [6.07, 6.45) is 4.90. The lowest BCUT2D eigenvalue weighted by Gasteiger charge is -2.17. The molecule has 2 heteroatoms. The number of hydrogen-bond acceptors (Lipinski definition) is 2. The molecule has 0 spiro atoms. The lowest BCUT2D eigenvalue weighted by atomic mass is 9.89. The molecule has 0 saturated carbocycles.